The van der Waals surface area contributed by atoms with Gasteiger partial charge in [0.15, 0.2) is 0 Å². The zero-order valence-corrected chi connectivity index (χ0v) is 18.9. The lowest BCUT2D eigenvalue weighted by atomic mass is 9.96. The van der Waals surface area contributed by atoms with Crippen LogP contribution in [-0.2, 0) is 25.7 Å². The molecule has 9 heteroatoms. The van der Waals surface area contributed by atoms with Crippen molar-refractivity contribution in [3.8, 4) is 0 Å². The highest BCUT2D eigenvalue weighted by Crippen LogP contribution is 2.24. The fraction of sp³-hybridized carbons (Fsp3) is 0.727. The summed E-state index contributed by atoms with van der Waals surface area (Å²) in [5.41, 5.74) is 2.04. The normalized spacial score (nSPS) is 19.8. The van der Waals surface area contributed by atoms with Crippen molar-refractivity contribution in [2.45, 2.75) is 46.1 Å². The highest BCUT2D eigenvalue weighted by atomic mass is 16.5. The van der Waals surface area contributed by atoms with Gasteiger partial charge in [0, 0.05) is 64.9 Å². The second kappa shape index (κ2) is 10.7. The Morgan fingerprint density at radius 3 is 2.65 bits per heavy atom. The molecule has 0 aliphatic carbocycles. The van der Waals surface area contributed by atoms with Crippen LogP contribution in [0.25, 0.3) is 0 Å². The van der Waals surface area contributed by atoms with Crippen LogP contribution in [0.4, 0.5) is 0 Å². The van der Waals surface area contributed by atoms with Crippen molar-refractivity contribution in [2.75, 3.05) is 46.4 Å². The lowest BCUT2D eigenvalue weighted by Gasteiger charge is -2.34. The van der Waals surface area contributed by atoms with Gasteiger partial charge in [0.2, 0.25) is 17.7 Å². The van der Waals surface area contributed by atoms with E-state index >= 15 is 0 Å². The van der Waals surface area contributed by atoms with E-state index < -0.39 is 0 Å². The molecule has 0 spiro atoms. The van der Waals surface area contributed by atoms with Crippen LogP contribution in [0.1, 0.15) is 37.1 Å². The molecule has 9 nitrogen and oxygen atoms in total. The topological polar surface area (TPSA) is 96.8 Å². The van der Waals surface area contributed by atoms with E-state index in [4.69, 9.17) is 4.74 Å². The summed E-state index contributed by atoms with van der Waals surface area (Å²) in [6.45, 7) is 8.11. The summed E-state index contributed by atoms with van der Waals surface area (Å²) in [6, 6.07) is 2.02. The molecule has 31 heavy (non-hydrogen) atoms. The van der Waals surface area contributed by atoms with Gasteiger partial charge in [-0.25, -0.2) is 0 Å². The lowest BCUT2D eigenvalue weighted by molar-refractivity contribution is -0.134. The Balaban J connectivity index is 1.38. The molecule has 1 aromatic rings. The molecule has 3 rings (SSSR count). The first-order chi connectivity index (χ1) is 14.9. The first kappa shape index (κ1) is 23.2. The Hall–Kier alpha value is -2.42. The number of carbonyl (C=O) groups excluding carboxylic acids is 3. The zero-order chi connectivity index (χ0) is 22.4. The first-order valence-electron chi connectivity index (χ1n) is 11.2. The van der Waals surface area contributed by atoms with Crippen molar-refractivity contribution in [1.29, 1.82) is 0 Å². The summed E-state index contributed by atoms with van der Waals surface area (Å²) in [5.74, 6) is 0.238. The van der Waals surface area contributed by atoms with Crippen LogP contribution in [-0.4, -0.2) is 83.7 Å². The smallest absolute Gasteiger partial charge is 0.225 e. The third kappa shape index (κ3) is 6.29. The minimum atomic E-state index is -0.277. The van der Waals surface area contributed by atoms with Crippen LogP contribution < -0.4 is 5.32 Å². The van der Waals surface area contributed by atoms with Gasteiger partial charge in [-0.3, -0.25) is 19.1 Å². The molecule has 1 N–H and O–H groups in total. The van der Waals surface area contributed by atoms with E-state index in [0.717, 1.165) is 37.3 Å². The molecule has 1 atom stereocenters. The van der Waals surface area contributed by atoms with E-state index in [2.05, 4.69) is 10.4 Å². The zero-order valence-electron chi connectivity index (χ0n) is 18.9. The molecule has 3 heterocycles. The summed E-state index contributed by atoms with van der Waals surface area (Å²) >= 11 is 0. The minimum Gasteiger partial charge on any atom is -0.383 e. The van der Waals surface area contributed by atoms with Crippen molar-refractivity contribution in [3.05, 3.63) is 17.5 Å². The van der Waals surface area contributed by atoms with Gasteiger partial charge in [0.05, 0.1) is 18.2 Å². The molecule has 1 aromatic heterocycles. The number of hydrogen-bond acceptors (Lipinski definition) is 5. The maximum atomic E-state index is 12.6. The van der Waals surface area contributed by atoms with Gasteiger partial charge in [-0.15, -0.1) is 0 Å². The number of aryl methyl sites for hydroxylation is 3. The molecule has 0 bridgehead atoms. The monoisotopic (exact) mass is 433 g/mol. The van der Waals surface area contributed by atoms with Crippen LogP contribution in [0.5, 0.6) is 0 Å². The number of amides is 3. The van der Waals surface area contributed by atoms with Gasteiger partial charge >= 0.3 is 0 Å². The molecule has 2 fully saturated rings. The average Bonchev–Trinajstić information content (AvgIpc) is 3.27. The number of aromatic nitrogens is 2. The van der Waals surface area contributed by atoms with E-state index in [1.54, 1.807) is 7.11 Å². The van der Waals surface area contributed by atoms with Gasteiger partial charge < -0.3 is 19.9 Å². The minimum absolute atomic E-state index is 0.0512. The summed E-state index contributed by atoms with van der Waals surface area (Å²) < 4.78 is 6.83. The quantitative estimate of drug-likeness (QED) is 0.580. The van der Waals surface area contributed by atoms with Gasteiger partial charge in [0.25, 0.3) is 0 Å². The lowest BCUT2D eigenvalue weighted by Crippen LogP contribution is -2.42. The molecule has 2 aliphatic heterocycles. The molecule has 3 amide bonds. The van der Waals surface area contributed by atoms with Gasteiger partial charge in [-0.1, -0.05) is 0 Å². The van der Waals surface area contributed by atoms with Crippen molar-refractivity contribution < 1.29 is 19.1 Å². The molecule has 1 unspecified atom stereocenters. The van der Waals surface area contributed by atoms with E-state index in [9.17, 15) is 14.4 Å². The van der Waals surface area contributed by atoms with Crippen LogP contribution in [0.15, 0.2) is 6.07 Å². The van der Waals surface area contributed by atoms with Gasteiger partial charge in [0.1, 0.15) is 0 Å². The number of rotatable bonds is 9. The Morgan fingerprint density at radius 2 is 2.00 bits per heavy atom. The highest BCUT2D eigenvalue weighted by Gasteiger charge is 2.35. The second-order valence-electron chi connectivity index (χ2n) is 8.71. The number of piperidine rings is 1. The van der Waals surface area contributed by atoms with Crippen molar-refractivity contribution >= 4 is 17.7 Å². The number of methoxy groups -OCH3 is 1. The van der Waals surface area contributed by atoms with E-state index in [1.165, 1.54) is 0 Å². The summed E-state index contributed by atoms with van der Waals surface area (Å²) in [6.07, 6.45) is 2.51. The molecule has 0 aromatic carbocycles. The van der Waals surface area contributed by atoms with Crippen LogP contribution in [0.2, 0.25) is 0 Å². The number of nitrogens with one attached hydrogen (secondary N) is 1. The summed E-state index contributed by atoms with van der Waals surface area (Å²) in [5, 5.41) is 7.24. The SMILES string of the molecule is COCCNC(=O)C1CC(=O)N(CC2CCN(C(=O)CCn3nc(C)cc3C)CC2)C1. The van der Waals surface area contributed by atoms with Gasteiger partial charge in [-0.2, -0.15) is 5.10 Å². The fourth-order valence-corrected chi connectivity index (χ4v) is 4.48. The first-order valence-corrected chi connectivity index (χ1v) is 11.2. The average molecular weight is 434 g/mol. The Kier molecular flexibility index (Phi) is 8.06. The van der Waals surface area contributed by atoms with Crippen LogP contribution >= 0.6 is 0 Å². The number of hydrogen-bond donors (Lipinski definition) is 1. The largest absolute Gasteiger partial charge is 0.383 e. The predicted octanol–water partition coefficient (Wildman–Crippen LogP) is 0.740. The van der Waals surface area contributed by atoms with Crippen LogP contribution in [0, 0.1) is 25.7 Å². The number of nitrogens with zero attached hydrogens (tertiary/aromatic N) is 4. The van der Waals surface area contributed by atoms with E-state index in [1.807, 2.05) is 34.4 Å². The van der Waals surface area contributed by atoms with Crippen molar-refractivity contribution in [1.82, 2.24) is 24.9 Å². The molecule has 0 radical (unpaired) electrons. The van der Waals surface area contributed by atoms with Crippen molar-refractivity contribution in [2.24, 2.45) is 11.8 Å². The second-order valence-corrected chi connectivity index (χ2v) is 8.71. The van der Waals surface area contributed by atoms with Crippen LogP contribution in [0.3, 0.4) is 0 Å². The molecule has 172 valence electrons. The third-order valence-electron chi connectivity index (χ3n) is 6.28. The molecule has 0 saturated carbocycles. The summed E-state index contributed by atoms with van der Waals surface area (Å²) in [4.78, 5) is 40.9. The predicted molar refractivity (Wildman–Crippen MR) is 115 cm³/mol. The molecule has 2 aliphatic rings. The summed E-state index contributed by atoms with van der Waals surface area (Å²) in [7, 11) is 1.59. The maximum Gasteiger partial charge on any atom is 0.225 e. The number of carbonyl (C=O) groups is 3. The Labute approximate surface area is 184 Å². The third-order valence-corrected chi connectivity index (χ3v) is 6.28. The van der Waals surface area contributed by atoms with Crippen molar-refractivity contribution in [3.63, 3.8) is 0 Å². The number of ether oxygens (including phenoxy) is 1. The molecular weight excluding hydrogens is 398 g/mol. The highest BCUT2D eigenvalue weighted by molar-refractivity contribution is 5.89. The Bertz CT molecular complexity index is 785. The van der Waals surface area contributed by atoms with E-state index in [-0.39, 0.29) is 30.1 Å². The number of likely N-dealkylation sites (tertiary alicyclic amines) is 2. The molecular formula is C22H35N5O4. The fourth-order valence-electron chi connectivity index (χ4n) is 4.48. The van der Waals surface area contributed by atoms with E-state index in [0.29, 0.717) is 45.1 Å². The standard InChI is InChI=1S/C22H35N5O4/c1-16-12-17(2)27(24-16)10-6-20(28)25-8-4-18(5-9-25)14-26-15-19(13-21(26)29)22(30)23-7-11-31-3/h12,18-19H,4-11,13-15H2,1-3H3,(H,23,30). The van der Waals surface area contributed by atoms with Gasteiger partial charge in [-0.05, 0) is 38.7 Å². The molecule has 2 saturated heterocycles. The Morgan fingerprint density at radius 1 is 1.26 bits per heavy atom. The maximum absolute atomic E-state index is 12.6.